The SMILES string of the molecule is CC1=Nc2cc(Cl)cc(Cl)c2CN1c1cc(O)[nH]c1O. The summed E-state index contributed by atoms with van der Waals surface area (Å²) in [6.45, 7) is 2.24. The lowest BCUT2D eigenvalue weighted by molar-refractivity contribution is 0.425. The fraction of sp³-hybridized carbons (Fsp3) is 0.154. The molecule has 2 heterocycles. The number of H-pyrrole nitrogens is 1. The third kappa shape index (κ3) is 2.09. The molecule has 1 aromatic heterocycles. The monoisotopic (exact) mass is 311 g/mol. The van der Waals surface area contributed by atoms with Gasteiger partial charge in [-0.25, -0.2) is 4.99 Å². The number of fused-ring (bicyclic) bond motifs is 1. The smallest absolute Gasteiger partial charge is 0.215 e. The van der Waals surface area contributed by atoms with Crippen molar-refractivity contribution >= 4 is 40.4 Å². The molecule has 0 amide bonds. The summed E-state index contributed by atoms with van der Waals surface area (Å²) in [5.74, 6) is 0.439. The Balaban J connectivity index is 2.09. The number of halogens is 2. The van der Waals surface area contributed by atoms with Crippen molar-refractivity contribution in [2.45, 2.75) is 13.5 Å². The van der Waals surface area contributed by atoms with E-state index in [-0.39, 0.29) is 11.8 Å². The molecule has 7 heteroatoms. The minimum absolute atomic E-state index is 0.113. The van der Waals surface area contributed by atoms with Gasteiger partial charge in [0.1, 0.15) is 11.5 Å². The molecule has 0 bridgehead atoms. The summed E-state index contributed by atoms with van der Waals surface area (Å²) >= 11 is 12.2. The Labute approximate surface area is 125 Å². The van der Waals surface area contributed by atoms with Crippen LogP contribution in [0.1, 0.15) is 12.5 Å². The molecular weight excluding hydrogens is 301 g/mol. The first-order chi connectivity index (χ1) is 9.45. The first-order valence-corrected chi connectivity index (χ1v) is 6.63. The van der Waals surface area contributed by atoms with E-state index in [0.29, 0.717) is 28.1 Å². The minimum atomic E-state index is -0.120. The zero-order valence-corrected chi connectivity index (χ0v) is 12.0. The molecule has 0 saturated carbocycles. The summed E-state index contributed by atoms with van der Waals surface area (Å²) in [7, 11) is 0. The maximum absolute atomic E-state index is 9.80. The van der Waals surface area contributed by atoms with Crippen LogP contribution < -0.4 is 4.90 Å². The average molecular weight is 312 g/mol. The van der Waals surface area contributed by atoms with Crippen LogP contribution in [0.5, 0.6) is 11.8 Å². The van der Waals surface area contributed by atoms with Crippen molar-refractivity contribution in [3.63, 3.8) is 0 Å². The van der Waals surface area contributed by atoms with E-state index < -0.39 is 0 Å². The summed E-state index contributed by atoms with van der Waals surface area (Å²) in [5, 5.41) is 20.3. The normalized spacial score (nSPS) is 14.2. The second-order valence-corrected chi connectivity index (χ2v) is 5.36. The molecule has 0 unspecified atom stereocenters. The lowest BCUT2D eigenvalue weighted by Crippen LogP contribution is -2.30. The van der Waals surface area contributed by atoms with Crippen molar-refractivity contribution in [1.29, 1.82) is 0 Å². The van der Waals surface area contributed by atoms with Crippen molar-refractivity contribution in [1.82, 2.24) is 4.98 Å². The number of hydrogen-bond donors (Lipinski definition) is 3. The van der Waals surface area contributed by atoms with Crippen molar-refractivity contribution in [3.8, 4) is 11.8 Å². The summed E-state index contributed by atoms with van der Waals surface area (Å²) in [4.78, 5) is 8.63. The Hall–Kier alpha value is -1.85. The molecule has 1 aliphatic heterocycles. The fourth-order valence-corrected chi connectivity index (χ4v) is 2.78. The molecule has 1 aliphatic rings. The van der Waals surface area contributed by atoms with Gasteiger partial charge in [-0.15, -0.1) is 0 Å². The van der Waals surface area contributed by atoms with Crippen LogP contribution in [0.2, 0.25) is 10.0 Å². The van der Waals surface area contributed by atoms with E-state index in [1.165, 1.54) is 6.07 Å². The molecule has 1 aromatic carbocycles. The van der Waals surface area contributed by atoms with Gasteiger partial charge in [0.05, 0.1) is 12.2 Å². The van der Waals surface area contributed by atoms with Gasteiger partial charge in [-0.3, -0.25) is 4.98 Å². The molecule has 0 aliphatic carbocycles. The molecule has 104 valence electrons. The Morgan fingerprint density at radius 1 is 1.25 bits per heavy atom. The molecule has 20 heavy (non-hydrogen) atoms. The van der Waals surface area contributed by atoms with Gasteiger partial charge in [0.2, 0.25) is 5.88 Å². The third-order valence-electron chi connectivity index (χ3n) is 3.18. The number of aromatic nitrogens is 1. The second-order valence-electron chi connectivity index (χ2n) is 4.52. The summed E-state index contributed by atoms with van der Waals surface area (Å²) in [6.07, 6.45) is 0. The number of hydrogen-bond acceptors (Lipinski definition) is 4. The number of nitrogens with zero attached hydrogens (tertiary/aromatic N) is 2. The Kier molecular flexibility index (Phi) is 3.03. The lowest BCUT2D eigenvalue weighted by atomic mass is 10.1. The van der Waals surface area contributed by atoms with E-state index in [1.54, 1.807) is 24.0 Å². The van der Waals surface area contributed by atoms with Crippen LogP contribution in [-0.4, -0.2) is 21.0 Å². The molecule has 3 N–H and O–H groups in total. The molecule has 5 nitrogen and oxygen atoms in total. The summed E-state index contributed by atoms with van der Waals surface area (Å²) < 4.78 is 0. The Morgan fingerprint density at radius 3 is 2.65 bits per heavy atom. The highest BCUT2D eigenvalue weighted by Crippen LogP contribution is 2.39. The number of aromatic hydroxyl groups is 2. The van der Waals surface area contributed by atoms with E-state index in [2.05, 4.69) is 9.98 Å². The van der Waals surface area contributed by atoms with Crippen LogP contribution in [-0.2, 0) is 6.54 Å². The van der Waals surface area contributed by atoms with Gasteiger partial charge in [-0.1, -0.05) is 23.2 Å². The van der Waals surface area contributed by atoms with E-state index in [4.69, 9.17) is 23.2 Å². The molecule has 0 fully saturated rings. The predicted octanol–water partition coefficient (Wildman–Crippen LogP) is 3.80. The summed E-state index contributed by atoms with van der Waals surface area (Å²) in [6, 6.07) is 4.84. The largest absolute Gasteiger partial charge is 0.494 e. The minimum Gasteiger partial charge on any atom is -0.494 e. The highest BCUT2D eigenvalue weighted by atomic mass is 35.5. The lowest BCUT2D eigenvalue weighted by Gasteiger charge is -2.28. The molecule has 3 rings (SSSR count). The van der Waals surface area contributed by atoms with Crippen molar-refractivity contribution in [3.05, 3.63) is 33.8 Å². The van der Waals surface area contributed by atoms with E-state index in [1.807, 2.05) is 0 Å². The number of nitrogens with one attached hydrogen (secondary N) is 1. The number of benzene rings is 1. The Morgan fingerprint density at radius 2 is 2.00 bits per heavy atom. The molecule has 0 saturated heterocycles. The van der Waals surface area contributed by atoms with E-state index >= 15 is 0 Å². The highest BCUT2D eigenvalue weighted by Gasteiger charge is 2.24. The van der Waals surface area contributed by atoms with E-state index in [9.17, 15) is 10.2 Å². The number of anilines is 1. The average Bonchev–Trinajstić information content (AvgIpc) is 2.67. The molecule has 2 aromatic rings. The van der Waals surface area contributed by atoms with Crippen LogP contribution in [0.25, 0.3) is 0 Å². The first kappa shape index (κ1) is 13.1. The van der Waals surface area contributed by atoms with Crippen LogP contribution >= 0.6 is 23.2 Å². The van der Waals surface area contributed by atoms with Crippen LogP contribution in [0, 0.1) is 0 Å². The first-order valence-electron chi connectivity index (χ1n) is 5.87. The van der Waals surface area contributed by atoms with Crippen LogP contribution in [0.3, 0.4) is 0 Å². The fourth-order valence-electron chi connectivity index (χ4n) is 2.24. The van der Waals surface area contributed by atoms with Gasteiger partial charge in [0.25, 0.3) is 0 Å². The predicted molar refractivity (Wildman–Crippen MR) is 79.5 cm³/mol. The molecule has 0 spiro atoms. The van der Waals surface area contributed by atoms with Crippen molar-refractivity contribution < 1.29 is 10.2 Å². The van der Waals surface area contributed by atoms with Crippen molar-refractivity contribution in [2.75, 3.05) is 4.90 Å². The molecule has 0 atom stereocenters. The standard InChI is InChI=1S/C13H11Cl2N3O2/c1-6-16-10-3-7(14)2-9(15)8(10)5-18(6)11-4-12(19)17-13(11)20/h2-4,17,19-20H,5H2,1H3. The number of aromatic amines is 1. The molecular formula is C13H11Cl2N3O2. The zero-order valence-electron chi connectivity index (χ0n) is 10.5. The number of aliphatic imine (C=N–C) groups is 1. The van der Waals surface area contributed by atoms with Crippen molar-refractivity contribution in [2.24, 2.45) is 4.99 Å². The van der Waals surface area contributed by atoms with Gasteiger partial charge in [-0.2, -0.15) is 0 Å². The maximum Gasteiger partial charge on any atom is 0.215 e. The van der Waals surface area contributed by atoms with Gasteiger partial charge >= 0.3 is 0 Å². The number of rotatable bonds is 1. The second kappa shape index (κ2) is 4.61. The van der Waals surface area contributed by atoms with Gasteiger partial charge in [0, 0.05) is 21.7 Å². The number of amidine groups is 1. The maximum atomic E-state index is 9.80. The van der Waals surface area contributed by atoms with Gasteiger partial charge in [0.15, 0.2) is 5.88 Å². The quantitative estimate of drug-likeness (QED) is 0.750. The van der Waals surface area contributed by atoms with Gasteiger partial charge in [-0.05, 0) is 19.1 Å². The topological polar surface area (TPSA) is 71.8 Å². The van der Waals surface area contributed by atoms with Crippen LogP contribution in [0.4, 0.5) is 11.4 Å². The van der Waals surface area contributed by atoms with Gasteiger partial charge < -0.3 is 15.1 Å². The van der Waals surface area contributed by atoms with E-state index in [0.717, 1.165) is 11.3 Å². The zero-order chi connectivity index (χ0) is 14.4. The summed E-state index contributed by atoms with van der Waals surface area (Å²) in [5.41, 5.74) is 1.98. The highest BCUT2D eigenvalue weighted by molar-refractivity contribution is 6.35. The van der Waals surface area contributed by atoms with Crippen LogP contribution in [0.15, 0.2) is 23.2 Å². The third-order valence-corrected chi connectivity index (χ3v) is 3.73. The molecule has 0 radical (unpaired) electrons. The Bertz CT molecular complexity index is 725.